The lowest BCUT2D eigenvalue weighted by molar-refractivity contribution is -0.167. The van der Waals surface area contributed by atoms with Crippen molar-refractivity contribution in [1.29, 1.82) is 0 Å². The molecule has 0 aromatic heterocycles. The second-order valence-corrected chi connectivity index (χ2v) is 17.7. The Morgan fingerprint density at radius 3 is 0.926 bits per heavy atom. The summed E-state index contributed by atoms with van der Waals surface area (Å²) in [7, 11) is 0. The van der Waals surface area contributed by atoms with Gasteiger partial charge >= 0.3 is 17.9 Å². The average molecular weight is 941 g/mol. The SMILES string of the molecule is CC/C=C\C/C=C\C/C=C\C/C=C\C/C=C\C/C=C\CCCCCCCCCCCCC(=O)OCC(COC(=O)CCCCCCCC)OC(=O)CCCC/C=C\C/C=C\C/C=C\C/C=C\CC. The Kier molecular flexibility index (Phi) is 52.0. The van der Waals surface area contributed by atoms with Crippen molar-refractivity contribution in [3.8, 4) is 0 Å². The van der Waals surface area contributed by atoms with Gasteiger partial charge in [-0.2, -0.15) is 0 Å². The number of hydrogen-bond donors (Lipinski definition) is 0. The number of esters is 3. The molecule has 1 atom stereocenters. The van der Waals surface area contributed by atoms with Gasteiger partial charge in [-0.15, -0.1) is 0 Å². The third kappa shape index (κ3) is 52.8. The van der Waals surface area contributed by atoms with Crippen LogP contribution in [0.15, 0.2) is 122 Å². The summed E-state index contributed by atoms with van der Waals surface area (Å²) in [5.41, 5.74) is 0. The van der Waals surface area contributed by atoms with Crippen LogP contribution in [0.3, 0.4) is 0 Å². The molecule has 0 aliphatic heterocycles. The summed E-state index contributed by atoms with van der Waals surface area (Å²) in [5, 5.41) is 0. The molecule has 0 bridgehead atoms. The van der Waals surface area contributed by atoms with Crippen LogP contribution < -0.4 is 0 Å². The number of carbonyl (C=O) groups excluding carboxylic acids is 3. The maximum absolute atomic E-state index is 12.7. The average Bonchev–Trinajstić information content (AvgIpc) is 3.34. The summed E-state index contributed by atoms with van der Waals surface area (Å²) in [4.78, 5) is 37.8. The third-order valence-electron chi connectivity index (χ3n) is 11.2. The molecule has 0 N–H and O–H groups in total. The number of allylic oxidation sites excluding steroid dienone is 20. The zero-order valence-corrected chi connectivity index (χ0v) is 43.8. The first-order chi connectivity index (χ1) is 33.5. The highest BCUT2D eigenvalue weighted by molar-refractivity contribution is 5.71. The van der Waals surface area contributed by atoms with E-state index in [4.69, 9.17) is 14.2 Å². The minimum absolute atomic E-state index is 0.0981. The molecule has 0 aliphatic rings. The number of ether oxygens (including phenoxy) is 3. The summed E-state index contributed by atoms with van der Waals surface area (Å²) >= 11 is 0. The van der Waals surface area contributed by atoms with Crippen molar-refractivity contribution in [3.05, 3.63) is 122 Å². The van der Waals surface area contributed by atoms with E-state index in [2.05, 4.69) is 142 Å². The van der Waals surface area contributed by atoms with E-state index in [-0.39, 0.29) is 37.5 Å². The lowest BCUT2D eigenvalue weighted by Crippen LogP contribution is -2.30. The van der Waals surface area contributed by atoms with E-state index < -0.39 is 6.10 Å². The smallest absolute Gasteiger partial charge is 0.306 e. The van der Waals surface area contributed by atoms with Crippen molar-refractivity contribution in [2.45, 2.75) is 239 Å². The molecule has 0 heterocycles. The Morgan fingerprint density at radius 2 is 0.574 bits per heavy atom. The standard InChI is InChI=1S/C62H100O6/c1-4-7-10-13-16-18-20-22-24-25-26-27-28-29-30-31-32-33-34-35-36-37-39-40-42-44-46-49-52-55-61(64)67-58-59(57-66-60(63)54-51-48-15-12-9-6-3)68-62(65)56-53-50-47-45-43-41-38-23-21-19-17-14-11-8-5-2/h7-8,10-11,16-19,22-24,26-27,29-30,32-33,38,43,45,59H,4-6,9,12-15,20-21,25,28,31,34-37,39-42,44,46-58H2,1-3H3/b10-7-,11-8-,18-16-,19-17-,24-22-,27-26-,30-29-,33-32-,38-23-,45-43-. The van der Waals surface area contributed by atoms with Gasteiger partial charge in [0.2, 0.25) is 0 Å². The Labute approximate surface area is 418 Å². The van der Waals surface area contributed by atoms with Crippen LogP contribution in [0.1, 0.15) is 233 Å². The molecule has 0 rings (SSSR count). The predicted octanol–water partition coefficient (Wildman–Crippen LogP) is 18.5. The minimum atomic E-state index is -0.800. The fourth-order valence-electron chi connectivity index (χ4n) is 7.14. The topological polar surface area (TPSA) is 78.9 Å². The lowest BCUT2D eigenvalue weighted by Gasteiger charge is -2.18. The van der Waals surface area contributed by atoms with E-state index in [1.165, 1.54) is 70.6 Å². The molecule has 0 aromatic rings. The molecule has 1 unspecified atom stereocenters. The molecule has 0 aliphatic carbocycles. The number of carbonyl (C=O) groups is 3. The molecule has 0 saturated carbocycles. The van der Waals surface area contributed by atoms with Gasteiger partial charge in [0.15, 0.2) is 6.10 Å². The van der Waals surface area contributed by atoms with Gasteiger partial charge in [-0.25, -0.2) is 0 Å². The van der Waals surface area contributed by atoms with Crippen LogP contribution in [-0.4, -0.2) is 37.2 Å². The highest BCUT2D eigenvalue weighted by atomic mass is 16.6. The molecule has 384 valence electrons. The van der Waals surface area contributed by atoms with Crippen molar-refractivity contribution in [2.24, 2.45) is 0 Å². The van der Waals surface area contributed by atoms with Gasteiger partial charge in [0, 0.05) is 19.3 Å². The maximum Gasteiger partial charge on any atom is 0.306 e. The highest BCUT2D eigenvalue weighted by Gasteiger charge is 2.19. The maximum atomic E-state index is 12.7. The van der Waals surface area contributed by atoms with Crippen molar-refractivity contribution in [1.82, 2.24) is 0 Å². The van der Waals surface area contributed by atoms with Gasteiger partial charge in [0.05, 0.1) is 0 Å². The van der Waals surface area contributed by atoms with Crippen LogP contribution in [0.4, 0.5) is 0 Å². The van der Waals surface area contributed by atoms with Crippen molar-refractivity contribution in [2.75, 3.05) is 13.2 Å². The summed E-state index contributed by atoms with van der Waals surface area (Å²) in [6.07, 6.45) is 76.5. The lowest BCUT2D eigenvalue weighted by atomic mass is 10.1. The molecule has 0 fully saturated rings. The Morgan fingerprint density at radius 1 is 0.309 bits per heavy atom. The Balaban J connectivity index is 4.17. The van der Waals surface area contributed by atoms with Crippen LogP contribution in [0.5, 0.6) is 0 Å². The third-order valence-corrected chi connectivity index (χ3v) is 11.2. The second-order valence-electron chi connectivity index (χ2n) is 17.7. The van der Waals surface area contributed by atoms with E-state index in [9.17, 15) is 14.4 Å². The molecular weight excluding hydrogens is 841 g/mol. The van der Waals surface area contributed by atoms with Crippen molar-refractivity contribution >= 4 is 17.9 Å². The molecule has 0 spiro atoms. The Hall–Kier alpha value is -4.19. The predicted molar refractivity (Wildman–Crippen MR) is 293 cm³/mol. The quantitative estimate of drug-likeness (QED) is 0.0262. The summed E-state index contributed by atoms with van der Waals surface area (Å²) in [6.45, 7) is 6.30. The first-order valence-corrected chi connectivity index (χ1v) is 27.5. The minimum Gasteiger partial charge on any atom is -0.462 e. The first-order valence-electron chi connectivity index (χ1n) is 27.5. The van der Waals surface area contributed by atoms with Gasteiger partial charge in [0.1, 0.15) is 13.2 Å². The molecule has 0 saturated heterocycles. The molecule has 6 heteroatoms. The van der Waals surface area contributed by atoms with Crippen LogP contribution in [0, 0.1) is 0 Å². The first kappa shape index (κ1) is 63.8. The van der Waals surface area contributed by atoms with Gasteiger partial charge in [-0.05, 0) is 109 Å². The second kappa shape index (κ2) is 55.4. The zero-order valence-electron chi connectivity index (χ0n) is 43.8. The van der Waals surface area contributed by atoms with E-state index in [0.717, 1.165) is 116 Å². The highest BCUT2D eigenvalue weighted by Crippen LogP contribution is 2.14. The van der Waals surface area contributed by atoms with Crippen LogP contribution in [-0.2, 0) is 28.6 Å². The fourth-order valence-corrected chi connectivity index (χ4v) is 7.14. The van der Waals surface area contributed by atoms with E-state index in [1.807, 2.05) is 0 Å². The van der Waals surface area contributed by atoms with Crippen molar-refractivity contribution < 1.29 is 28.6 Å². The summed E-state index contributed by atoms with van der Waals surface area (Å²) < 4.78 is 16.7. The molecule has 0 amide bonds. The molecule has 68 heavy (non-hydrogen) atoms. The number of hydrogen-bond acceptors (Lipinski definition) is 6. The summed E-state index contributed by atoms with van der Waals surface area (Å²) in [6, 6.07) is 0. The van der Waals surface area contributed by atoms with Crippen LogP contribution >= 0.6 is 0 Å². The molecule has 0 radical (unpaired) electrons. The van der Waals surface area contributed by atoms with Crippen LogP contribution in [0.25, 0.3) is 0 Å². The molecule has 6 nitrogen and oxygen atoms in total. The monoisotopic (exact) mass is 941 g/mol. The summed E-state index contributed by atoms with van der Waals surface area (Å²) in [5.74, 6) is -0.960. The largest absolute Gasteiger partial charge is 0.462 e. The Bertz CT molecular complexity index is 1450. The molecular formula is C62H100O6. The fraction of sp³-hybridized carbons (Fsp3) is 0.629. The van der Waals surface area contributed by atoms with Gasteiger partial charge in [-0.1, -0.05) is 226 Å². The van der Waals surface area contributed by atoms with Gasteiger partial charge < -0.3 is 14.2 Å². The van der Waals surface area contributed by atoms with E-state index in [0.29, 0.717) is 19.3 Å². The normalized spacial score (nSPS) is 13.0. The molecule has 0 aromatic carbocycles. The zero-order chi connectivity index (χ0) is 49.3. The van der Waals surface area contributed by atoms with E-state index >= 15 is 0 Å². The number of unbranched alkanes of at least 4 members (excludes halogenated alkanes) is 17. The number of rotatable bonds is 48. The van der Waals surface area contributed by atoms with E-state index in [1.54, 1.807) is 0 Å². The van der Waals surface area contributed by atoms with Gasteiger partial charge in [0.25, 0.3) is 0 Å². The van der Waals surface area contributed by atoms with Gasteiger partial charge in [-0.3, -0.25) is 14.4 Å². The van der Waals surface area contributed by atoms with Crippen LogP contribution in [0.2, 0.25) is 0 Å². The van der Waals surface area contributed by atoms with Crippen molar-refractivity contribution in [3.63, 3.8) is 0 Å².